The number of aromatic nitrogens is 4. The number of amides is 1. The zero-order valence-electron chi connectivity index (χ0n) is 15.6. The molecule has 136 valence electrons. The Morgan fingerprint density at radius 3 is 2.58 bits per heavy atom. The van der Waals surface area contributed by atoms with Crippen LogP contribution < -0.4 is 5.32 Å². The Kier molecular flexibility index (Phi) is 5.51. The molecule has 6 heteroatoms. The standard InChI is InChI=1S/C20H25N5O/c1-15-19(16(2)24(3)23-15)9-10-20(26)21-13-17-7-4-5-8-18(17)14-25-12-6-11-22-25/h4-8,11-12H,9-10,13-14H2,1-3H3,(H,21,26). The summed E-state index contributed by atoms with van der Waals surface area (Å²) in [6, 6.07) is 10.0. The smallest absolute Gasteiger partial charge is 0.220 e. The number of hydrogen-bond donors (Lipinski definition) is 1. The molecule has 1 N–H and O–H groups in total. The van der Waals surface area contributed by atoms with Crippen molar-refractivity contribution in [2.75, 3.05) is 0 Å². The molecule has 2 aromatic heterocycles. The quantitative estimate of drug-likeness (QED) is 0.711. The molecule has 3 rings (SSSR count). The van der Waals surface area contributed by atoms with Crippen LogP contribution in [0.4, 0.5) is 0 Å². The minimum atomic E-state index is 0.0570. The van der Waals surface area contributed by atoms with Crippen molar-refractivity contribution < 1.29 is 4.79 Å². The number of nitrogens with zero attached hydrogens (tertiary/aromatic N) is 4. The summed E-state index contributed by atoms with van der Waals surface area (Å²) < 4.78 is 3.75. The van der Waals surface area contributed by atoms with Gasteiger partial charge in [-0.3, -0.25) is 14.2 Å². The molecule has 0 bridgehead atoms. The highest BCUT2D eigenvalue weighted by atomic mass is 16.1. The molecule has 1 aromatic carbocycles. The summed E-state index contributed by atoms with van der Waals surface area (Å²) in [6.45, 7) is 5.26. The van der Waals surface area contributed by atoms with Gasteiger partial charge < -0.3 is 5.32 Å². The van der Waals surface area contributed by atoms with E-state index in [2.05, 4.69) is 27.6 Å². The summed E-state index contributed by atoms with van der Waals surface area (Å²) in [4.78, 5) is 12.3. The first-order valence-electron chi connectivity index (χ1n) is 8.84. The summed E-state index contributed by atoms with van der Waals surface area (Å²) in [6.07, 6.45) is 4.89. The number of nitrogens with one attached hydrogen (secondary N) is 1. The third-order valence-corrected chi connectivity index (χ3v) is 4.75. The van der Waals surface area contributed by atoms with Crippen molar-refractivity contribution in [3.63, 3.8) is 0 Å². The second-order valence-corrected chi connectivity index (χ2v) is 6.52. The van der Waals surface area contributed by atoms with Gasteiger partial charge in [0, 0.05) is 38.1 Å². The second-order valence-electron chi connectivity index (χ2n) is 6.52. The number of carbonyl (C=O) groups excluding carboxylic acids is 1. The van der Waals surface area contributed by atoms with Crippen molar-refractivity contribution in [1.29, 1.82) is 0 Å². The summed E-state index contributed by atoms with van der Waals surface area (Å²) in [5.41, 5.74) is 5.57. The second kappa shape index (κ2) is 7.99. The topological polar surface area (TPSA) is 64.7 Å². The van der Waals surface area contributed by atoms with Crippen LogP contribution in [-0.4, -0.2) is 25.5 Å². The van der Waals surface area contributed by atoms with Crippen LogP contribution in [0.2, 0.25) is 0 Å². The average molecular weight is 351 g/mol. The predicted octanol–water partition coefficient (Wildman–Crippen LogP) is 2.53. The molecule has 0 unspecified atom stereocenters. The maximum Gasteiger partial charge on any atom is 0.220 e. The van der Waals surface area contributed by atoms with Crippen molar-refractivity contribution >= 4 is 5.91 Å². The van der Waals surface area contributed by atoms with Gasteiger partial charge in [-0.2, -0.15) is 10.2 Å². The van der Waals surface area contributed by atoms with Crippen molar-refractivity contribution in [2.45, 2.75) is 39.8 Å². The van der Waals surface area contributed by atoms with Crippen molar-refractivity contribution in [2.24, 2.45) is 7.05 Å². The van der Waals surface area contributed by atoms with Crippen LogP contribution in [0.25, 0.3) is 0 Å². The van der Waals surface area contributed by atoms with E-state index in [0.717, 1.165) is 22.5 Å². The van der Waals surface area contributed by atoms with E-state index in [1.807, 2.05) is 54.7 Å². The number of carbonyl (C=O) groups is 1. The molecule has 0 radical (unpaired) electrons. The van der Waals surface area contributed by atoms with Gasteiger partial charge >= 0.3 is 0 Å². The van der Waals surface area contributed by atoms with Crippen molar-refractivity contribution in [1.82, 2.24) is 24.9 Å². The molecule has 6 nitrogen and oxygen atoms in total. The fourth-order valence-corrected chi connectivity index (χ4v) is 3.15. The fourth-order valence-electron chi connectivity index (χ4n) is 3.15. The summed E-state index contributed by atoms with van der Waals surface area (Å²) in [7, 11) is 1.93. The lowest BCUT2D eigenvalue weighted by Gasteiger charge is -2.11. The maximum absolute atomic E-state index is 12.3. The molecule has 0 atom stereocenters. The molecule has 3 aromatic rings. The Morgan fingerprint density at radius 1 is 1.15 bits per heavy atom. The van der Waals surface area contributed by atoms with E-state index in [0.29, 0.717) is 25.9 Å². The van der Waals surface area contributed by atoms with Crippen LogP contribution in [0.5, 0.6) is 0 Å². The third-order valence-electron chi connectivity index (χ3n) is 4.75. The normalized spacial score (nSPS) is 10.9. The van der Waals surface area contributed by atoms with Gasteiger partial charge in [-0.1, -0.05) is 24.3 Å². The molecule has 0 aliphatic rings. The van der Waals surface area contributed by atoms with Gasteiger partial charge in [0.1, 0.15) is 0 Å². The molecule has 0 saturated heterocycles. The molecular weight excluding hydrogens is 326 g/mol. The Hall–Kier alpha value is -2.89. The SMILES string of the molecule is Cc1nn(C)c(C)c1CCC(=O)NCc1ccccc1Cn1cccn1. The first kappa shape index (κ1) is 17.9. The summed E-state index contributed by atoms with van der Waals surface area (Å²) in [5, 5.41) is 11.7. The third kappa shape index (κ3) is 4.20. The Balaban J connectivity index is 1.56. The van der Waals surface area contributed by atoms with Gasteiger partial charge in [-0.05, 0) is 43.0 Å². The maximum atomic E-state index is 12.3. The van der Waals surface area contributed by atoms with Gasteiger partial charge in [0.05, 0.1) is 12.2 Å². The molecule has 26 heavy (non-hydrogen) atoms. The van der Waals surface area contributed by atoms with Crippen LogP contribution in [-0.2, 0) is 31.4 Å². The predicted molar refractivity (Wildman–Crippen MR) is 101 cm³/mol. The lowest BCUT2D eigenvalue weighted by atomic mass is 10.1. The minimum Gasteiger partial charge on any atom is -0.352 e. The Morgan fingerprint density at radius 2 is 1.92 bits per heavy atom. The average Bonchev–Trinajstić information content (AvgIpc) is 3.21. The molecule has 2 heterocycles. The van der Waals surface area contributed by atoms with Gasteiger partial charge in [-0.25, -0.2) is 0 Å². The number of benzene rings is 1. The largest absolute Gasteiger partial charge is 0.352 e. The molecule has 0 aliphatic heterocycles. The summed E-state index contributed by atoms with van der Waals surface area (Å²) >= 11 is 0. The highest BCUT2D eigenvalue weighted by molar-refractivity contribution is 5.76. The summed E-state index contributed by atoms with van der Waals surface area (Å²) in [5.74, 6) is 0.0570. The van der Waals surface area contributed by atoms with Gasteiger partial charge in [-0.15, -0.1) is 0 Å². The van der Waals surface area contributed by atoms with Crippen LogP contribution in [0.1, 0.15) is 34.5 Å². The molecule has 1 amide bonds. The fraction of sp³-hybridized carbons (Fsp3) is 0.350. The Bertz CT molecular complexity index is 880. The lowest BCUT2D eigenvalue weighted by molar-refractivity contribution is -0.121. The number of hydrogen-bond acceptors (Lipinski definition) is 3. The van der Waals surface area contributed by atoms with Gasteiger partial charge in [0.25, 0.3) is 0 Å². The first-order valence-corrected chi connectivity index (χ1v) is 8.84. The van der Waals surface area contributed by atoms with E-state index in [-0.39, 0.29) is 5.91 Å². The van der Waals surface area contributed by atoms with Gasteiger partial charge in [0.2, 0.25) is 5.91 Å². The highest BCUT2D eigenvalue weighted by Crippen LogP contribution is 2.14. The van der Waals surface area contributed by atoms with E-state index in [9.17, 15) is 4.79 Å². The van der Waals surface area contributed by atoms with Crippen LogP contribution >= 0.6 is 0 Å². The van der Waals surface area contributed by atoms with Gasteiger partial charge in [0.15, 0.2) is 0 Å². The zero-order chi connectivity index (χ0) is 18.5. The minimum absolute atomic E-state index is 0.0570. The molecule has 0 fully saturated rings. The van der Waals surface area contributed by atoms with Crippen LogP contribution in [0.15, 0.2) is 42.7 Å². The number of rotatable bonds is 7. The van der Waals surface area contributed by atoms with Crippen molar-refractivity contribution in [3.8, 4) is 0 Å². The molecule has 0 spiro atoms. The van der Waals surface area contributed by atoms with Crippen LogP contribution in [0, 0.1) is 13.8 Å². The zero-order valence-corrected chi connectivity index (χ0v) is 15.6. The monoisotopic (exact) mass is 351 g/mol. The molecular formula is C20H25N5O. The van der Waals surface area contributed by atoms with E-state index in [1.165, 1.54) is 5.56 Å². The molecule has 0 aliphatic carbocycles. The first-order chi connectivity index (χ1) is 12.5. The highest BCUT2D eigenvalue weighted by Gasteiger charge is 2.12. The van der Waals surface area contributed by atoms with E-state index < -0.39 is 0 Å². The van der Waals surface area contributed by atoms with E-state index in [4.69, 9.17) is 0 Å². The Labute approximate surface area is 153 Å². The van der Waals surface area contributed by atoms with E-state index >= 15 is 0 Å². The van der Waals surface area contributed by atoms with E-state index in [1.54, 1.807) is 6.20 Å². The van der Waals surface area contributed by atoms with Crippen LogP contribution in [0.3, 0.4) is 0 Å². The van der Waals surface area contributed by atoms with Crippen molar-refractivity contribution in [3.05, 3.63) is 70.8 Å². The molecule has 0 saturated carbocycles. The lowest BCUT2D eigenvalue weighted by Crippen LogP contribution is -2.24. The number of aryl methyl sites for hydroxylation is 2.